The van der Waals surface area contributed by atoms with Crippen molar-refractivity contribution < 1.29 is 22.0 Å². The molecular formula is C22H25F2N9O3S2. The number of nitrogens with one attached hydrogen (secondary N) is 1. The van der Waals surface area contributed by atoms with E-state index in [9.17, 15) is 27.3 Å². The third-order valence-electron chi connectivity index (χ3n) is 6.65. The van der Waals surface area contributed by atoms with Crippen LogP contribution in [0.2, 0.25) is 0 Å². The van der Waals surface area contributed by atoms with Gasteiger partial charge in [-0.25, -0.2) is 17.2 Å². The maximum Gasteiger partial charge on any atom is 0.291 e. The van der Waals surface area contributed by atoms with Crippen LogP contribution in [0.3, 0.4) is 0 Å². The van der Waals surface area contributed by atoms with Gasteiger partial charge < -0.3 is 15.5 Å². The topological polar surface area (TPSA) is 163 Å². The summed E-state index contributed by atoms with van der Waals surface area (Å²) in [5.74, 6) is -0.171. The lowest BCUT2D eigenvalue weighted by Gasteiger charge is -2.37. The summed E-state index contributed by atoms with van der Waals surface area (Å²) < 4.78 is 57.2. The molecule has 1 aliphatic heterocycles. The van der Waals surface area contributed by atoms with Gasteiger partial charge in [-0.2, -0.15) is 15.1 Å². The first-order valence-electron chi connectivity index (χ1n) is 11.8. The van der Waals surface area contributed by atoms with E-state index in [1.807, 2.05) is 11.0 Å². The van der Waals surface area contributed by atoms with Gasteiger partial charge in [0.25, 0.3) is 6.43 Å². The van der Waals surface area contributed by atoms with Gasteiger partial charge >= 0.3 is 0 Å². The maximum atomic E-state index is 13.4. The number of aromatic nitrogens is 4. The Morgan fingerprint density at radius 2 is 1.92 bits per heavy atom. The van der Waals surface area contributed by atoms with Crippen LogP contribution in [0.25, 0.3) is 21.6 Å². The Balaban J connectivity index is 1.62. The molecule has 2 aliphatic rings. The van der Waals surface area contributed by atoms with E-state index in [2.05, 4.69) is 20.0 Å². The molecule has 3 N–H and O–H groups in total. The Labute approximate surface area is 221 Å². The lowest BCUT2D eigenvalue weighted by atomic mass is 10.1. The Hall–Kier alpha value is -3.26. The van der Waals surface area contributed by atoms with Crippen LogP contribution >= 0.6 is 11.3 Å². The summed E-state index contributed by atoms with van der Waals surface area (Å²) in [6.07, 6.45) is -1.98. The Morgan fingerprint density at radius 1 is 1.24 bits per heavy atom. The number of carbonyl (C=O) groups excluding carboxylic acids is 1. The molecule has 202 valence electrons. The summed E-state index contributed by atoms with van der Waals surface area (Å²) in [6.45, 7) is 3.20. The molecule has 1 saturated carbocycles. The number of hydrogen-bond donors (Lipinski definition) is 2. The molecule has 2 aromatic heterocycles. The van der Waals surface area contributed by atoms with Crippen LogP contribution in [0.15, 0.2) is 17.0 Å². The van der Waals surface area contributed by atoms with Crippen molar-refractivity contribution in [1.29, 1.82) is 5.26 Å². The number of fused-ring (bicyclic) bond motifs is 1. The van der Waals surface area contributed by atoms with Gasteiger partial charge in [-0.15, -0.1) is 10.2 Å². The van der Waals surface area contributed by atoms with Gasteiger partial charge in [-0.05, 0) is 31.9 Å². The molecule has 16 heteroatoms. The van der Waals surface area contributed by atoms with Crippen molar-refractivity contribution >= 4 is 43.9 Å². The first kappa shape index (κ1) is 26.4. The van der Waals surface area contributed by atoms with Crippen LogP contribution in [0.4, 0.5) is 14.5 Å². The number of hydrogen-bond acceptors (Lipinski definition) is 10. The number of rotatable bonds is 7. The van der Waals surface area contributed by atoms with E-state index in [-0.39, 0.29) is 21.5 Å². The van der Waals surface area contributed by atoms with Crippen LogP contribution in [-0.2, 0) is 21.9 Å². The first-order chi connectivity index (χ1) is 17.9. The lowest BCUT2D eigenvalue weighted by Crippen LogP contribution is -2.52. The van der Waals surface area contributed by atoms with E-state index < -0.39 is 33.0 Å². The van der Waals surface area contributed by atoms with Crippen molar-refractivity contribution in [2.75, 3.05) is 31.1 Å². The number of carbonyl (C=O) groups is 1. The molecule has 38 heavy (non-hydrogen) atoms. The molecule has 2 fully saturated rings. The standard InChI is InChI=1S/C22H25F2N9O3S2/c1-12(26)21(34)33-7-5-32(6-8-33)15-10-13(38(35,36)30-22(11-25)3-4-22)9-14-16(29-31(2)17(14)15)19-27-28-20(37-19)18(23)24/h9-10,12,18,30H,3-8,26H2,1-2H3. The molecule has 0 bridgehead atoms. The molecule has 3 heterocycles. The molecule has 1 unspecified atom stereocenters. The largest absolute Gasteiger partial charge is 0.366 e. The molecule has 1 aromatic carbocycles. The monoisotopic (exact) mass is 565 g/mol. The number of nitrogens with zero attached hydrogens (tertiary/aromatic N) is 7. The predicted octanol–water partition coefficient (Wildman–Crippen LogP) is 1.36. The van der Waals surface area contributed by atoms with Gasteiger partial charge in [-0.1, -0.05) is 11.3 Å². The second-order valence-corrected chi connectivity index (χ2v) is 12.1. The maximum absolute atomic E-state index is 13.4. The van der Waals surface area contributed by atoms with Gasteiger partial charge in [0.2, 0.25) is 15.9 Å². The molecule has 1 saturated heterocycles. The third-order valence-corrected chi connectivity index (χ3v) is 9.10. The number of anilines is 1. The molecule has 12 nitrogen and oxygen atoms in total. The highest BCUT2D eigenvalue weighted by atomic mass is 32.2. The highest BCUT2D eigenvalue weighted by molar-refractivity contribution is 7.89. The molecule has 1 atom stereocenters. The van der Waals surface area contributed by atoms with Crippen molar-refractivity contribution in [2.45, 2.75) is 42.7 Å². The SMILES string of the molecule is CC(N)C(=O)N1CCN(c2cc(S(=O)(=O)NC3(C#N)CC3)cc3c(-c4nnc(C(F)F)s4)nn(C)c23)CC1. The molecule has 5 rings (SSSR count). The first-order valence-corrected chi connectivity index (χ1v) is 14.1. The summed E-state index contributed by atoms with van der Waals surface area (Å²) in [6, 6.07) is 4.31. The number of benzene rings is 1. The highest BCUT2D eigenvalue weighted by Crippen LogP contribution is 2.40. The second-order valence-electron chi connectivity index (χ2n) is 9.46. The molecular weight excluding hydrogens is 540 g/mol. The number of halogens is 2. The summed E-state index contributed by atoms with van der Waals surface area (Å²) in [4.78, 5) is 15.9. The molecule has 0 spiro atoms. The summed E-state index contributed by atoms with van der Waals surface area (Å²) in [5.41, 5.74) is 5.94. The molecule has 1 amide bonds. The highest BCUT2D eigenvalue weighted by Gasteiger charge is 2.47. The van der Waals surface area contributed by atoms with E-state index in [0.29, 0.717) is 66.9 Å². The van der Waals surface area contributed by atoms with Gasteiger partial charge in [0, 0.05) is 38.6 Å². The average molecular weight is 566 g/mol. The van der Waals surface area contributed by atoms with E-state index in [0.717, 1.165) is 0 Å². The van der Waals surface area contributed by atoms with Gasteiger partial charge in [0.05, 0.1) is 28.2 Å². The minimum Gasteiger partial charge on any atom is -0.366 e. The summed E-state index contributed by atoms with van der Waals surface area (Å²) in [7, 11) is -2.46. The fourth-order valence-electron chi connectivity index (χ4n) is 4.47. The second kappa shape index (κ2) is 9.49. The Morgan fingerprint density at radius 3 is 2.47 bits per heavy atom. The number of alkyl halides is 2. The van der Waals surface area contributed by atoms with Crippen LogP contribution in [0.5, 0.6) is 0 Å². The average Bonchev–Trinajstić information content (AvgIpc) is 3.31. The van der Waals surface area contributed by atoms with Crippen molar-refractivity contribution in [3.05, 3.63) is 17.1 Å². The zero-order valence-corrected chi connectivity index (χ0v) is 22.2. The smallest absolute Gasteiger partial charge is 0.291 e. The quantitative estimate of drug-likeness (QED) is 0.431. The number of piperazine rings is 1. The van der Waals surface area contributed by atoms with Crippen molar-refractivity contribution in [3.63, 3.8) is 0 Å². The fraction of sp³-hybridized carbons (Fsp3) is 0.500. The Kier molecular flexibility index (Phi) is 6.58. The number of nitrogens with two attached hydrogens (primary N) is 1. The normalized spacial score (nSPS) is 18.1. The number of nitriles is 1. The minimum atomic E-state index is -4.12. The van der Waals surface area contributed by atoms with E-state index in [1.54, 1.807) is 23.6 Å². The number of sulfonamides is 1. The van der Waals surface area contributed by atoms with E-state index >= 15 is 0 Å². The van der Waals surface area contributed by atoms with Crippen LogP contribution in [-0.4, -0.2) is 77.0 Å². The number of aryl methyl sites for hydroxylation is 1. The van der Waals surface area contributed by atoms with Gasteiger partial charge in [-0.3, -0.25) is 9.48 Å². The summed E-state index contributed by atoms with van der Waals surface area (Å²) in [5, 5.41) is 21.4. The van der Waals surface area contributed by atoms with Crippen molar-refractivity contribution in [1.82, 2.24) is 29.6 Å². The lowest BCUT2D eigenvalue weighted by molar-refractivity contribution is -0.132. The predicted molar refractivity (Wildman–Crippen MR) is 135 cm³/mol. The van der Waals surface area contributed by atoms with Crippen molar-refractivity contribution in [2.24, 2.45) is 12.8 Å². The van der Waals surface area contributed by atoms with Gasteiger partial charge in [0.15, 0.2) is 10.0 Å². The van der Waals surface area contributed by atoms with E-state index in [1.165, 1.54) is 12.1 Å². The molecule has 3 aromatic rings. The van der Waals surface area contributed by atoms with Crippen LogP contribution < -0.4 is 15.4 Å². The third kappa shape index (κ3) is 4.70. The molecule has 1 aliphatic carbocycles. The van der Waals surface area contributed by atoms with Crippen molar-refractivity contribution in [3.8, 4) is 16.8 Å². The van der Waals surface area contributed by atoms with E-state index in [4.69, 9.17) is 5.73 Å². The zero-order chi connectivity index (χ0) is 27.4. The van der Waals surface area contributed by atoms with Crippen LogP contribution in [0.1, 0.15) is 31.2 Å². The summed E-state index contributed by atoms with van der Waals surface area (Å²) >= 11 is 0.681. The molecule has 0 radical (unpaired) electrons. The van der Waals surface area contributed by atoms with Crippen LogP contribution in [0, 0.1) is 11.3 Å². The zero-order valence-electron chi connectivity index (χ0n) is 20.6. The van der Waals surface area contributed by atoms with Gasteiger partial charge in [0.1, 0.15) is 11.2 Å². The fourth-order valence-corrected chi connectivity index (χ4v) is 6.59. The Bertz CT molecular complexity index is 1550. The minimum absolute atomic E-state index is 0.0940. The number of amides is 1.